The fourth-order valence-corrected chi connectivity index (χ4v) is 3.32. The molecule has 0 spiro atoms. The molecule has 26 heavy (non-hydrogen) atoms. The summed E-state index contributed by atoms with van der Waals surface area (Å²) in [4.78, 5) is 45.6. The molecule has 2 amide bonds. The standard InChI is InChI=1S/C19H26N4O3/c1-19(2,3)17(25)23-8-4-7-22(9-10-23)16(24)12-13-5-6-14-15(11-13)21-18(26)20-14/h5-6,11H,4,7-10,12H2,1-3H3,(H2,20,21,26). The average molecular weight is 358 g/mol. The molecule has 0 radical (unpaired) electrons. The number of aromatic amines is 2. The fourth-order valence-electron chi connectivity index (χ4n) is 3.32. The van der Waals surface area contributed by atoms with Crippen LogP contribution in [0.3, 0.4) is 0 Å². The van der Waals surface area contributed by atoms with Crippen LogP contribution in [0.1, 0.15) is 32.8 Å². The van der Waals surface area contributed by atoms with E-state index in [0.29, 0.717) is 31.7 Å². The molecule has 1 aromatic heterocycles. The van der Waals surface area contributed by atoms with Gasteiger partial charge in [-0.05, 0) is 24.1 Å². The maximum atomic E-state index is 12.7. The van der Waals surface area contributed by atoms with Crippen LogP contribution in [0, 0.1) is 5.41 Å². The van der Waals surface area contributed by atoms with Crippen molar-refractivity contribution in [1.29, 1.82) is 0 Å². The van der Waals surface area contributed by atoms with Crippen LogP contribution in [-0.2, 0) is 16.0 Å². The fraction of sp³-hybridized carbons (Fsp3) is 0.526. The highest BCUT2D eigenvalue weighted by molar-refractivity contribution is 5.83. The number of imidazole rings is 1. The quantitative estimate of drug-likeness (QED) is 0.853. The van der Waals surface area contributed by atoms with Gasteiger partial charge in [0.15, 0.2) is 0 Å². The number of nitrogens with one attached hydrogen (secondary N) is 2. The van der Waals surface area contributed by atoms with Crippen LogP contribution in [0.2, 0.25) is 0 Å². The predicted octanol–water partition coefficient (Wildman–Crippen LogP) is 1.51. The monoisotopic (exact) mass is 358 g/mol. The third kappa shape index (κ3) is 3.98. The Morgan fingerprint density at radius 1 is 1.00 bits per heavy atom. The highest BCUT2D eigenvalue weighted by Gasteiger charge is 2.29. The number of H-pyrrole nitrogens is 2. The zero-order chi connectivity index (χ0) is 18.9. The lowest BCUT2D eigenvalue weighted by Crippen LogP contribution is -2.42. The Bertz CT molecular complexity index is 875. The van der Waals surface area contributed by atoms with E-state index < -0.39 is 5.41 Å². The van der Waals surface area contributed by atoms with Crippen molar-refractivity contribution in [3.63, 3.8) is 0 Å². The van der Waals surface area contributed by atoms with Crippen molar-refractivity contribution >= 4 is 22.8 Å². The third-order valence-electron chi connectivity index (χ3n) is 4.71. The van der Waals surface area contributed by atoms with Gasteiger partial charge in [0.1, 0.15) is 0 Å². The summed E-state index contributed by atoms with van der Waals surface area (Å²) in [6, 6.07) is 5.50. The lowest BCUT2D eigenvalue weighted by Gasteiger charge is -2.28. The van der Waals surface area contributed by atoms with E-state index in [-0.39, 0.29) is 23.9 Å². The van der Waals surface area contributed by atoms with Crippen molar-refractivity contribution < 1.29 is 9.59 Å². The van der Waals surface area contributed by atoms with Gasteiger partial charge < -0.3 is 19.8 Å². The molecule has 2 aromatic rings. The van der Waals surface area contributed by atoms with Gasteiger partial charge in [0.2, 0.25) is 11.8 Å². The van der Waals surface area contributed by atoms with E-state index in [0.717, 1.165) is 17.5 Å². The Kier molecular flexibility index (Phi) is 4.89. The normalized spacial score (nSPS) is 16.0. The van der Waals surface area contributed by atoms with Crippen LogP contribution in [0.5, 0.6) is 0 Å². The predicted molar refractivity (Wildman–Crippen MR) is 99.9 cm³/mol. The summed E-state index contributed by atoms with van der Waals surface area (Å²) < 4.78 is 0. The molecule has 1 fully saturated rings. The number of carbonyl (C=O) groups excluding carboxylic acids is 2. The Morgan fingerprint density at radius 3 is 2.38 bits per heavy atom. The number of aromatic nitrogens is 2. The second-order valence-electron chi connectivity index (χ2n) is 7.91. The minimum absolute atomic E-state index is 0.0484. The Labute approximate surface area is 152 Å². The van der Waals surface area contributed by atoms with Crippen LogP contribution in [0.4, 0.5) is 0 Å². The Balaban J connectivity index is 1.64. The largest absolute Gasteiger partial charge is 0.341 e. The minimum atomic E-state index is -0.401. The van der Waals surface area contributed by atoms with Crippen LogP contribution in [0.15, 0.2) is 23.0 Å². The second kappa shape index (κ2) is 6.97. The molecular weight excluding hydrogens is 332 g/mol. The highest BCUT2D eigenvalue weighted by Crippen LogP contribution is 2.19. The van der Waals surface area contributed by atoms with Crippen LogP contribution >= 0.6 is 0 Å². The number of rotatable bonds is 2. The number of carbonyl (C=O) groups is 2. The summed E-state index contributed by atoms with van der Waals surface area (Å²) in [6.07, 6.45) is 1.08. The first-order valence-corrected chi connectivity index (χ1v) is 9.02. The van der Waals surface area contributed by atoms with Gasteiger partial charge in [0.25, 0.3) is 0 Å². The number of fused-ring (bicyclic) bond motifs is 1. The molecule has 1 saturated heterocycles. The van der Waals surface area contributed by atoms with Crippen molar-refractivity contribution in [3.05, 3.63) is 34.2 Å². The first kappa shape index (κ1) is 18.2. The summed E-state index contributed by atoms with van der Waals surface area (Å²) in [5.74, 6) is 0.181. The van der Waals surface area contributed by atoms with E-state index in [9.17, 15) is 14.4 Å². The van der Waals surface area contributed by atoms with Gasteiger partial charge in [0, 0.05) is 31.6 Å². The molecule has 1 aromatic carbocycles. The van der Waals surface area contributed by atoms with Crippen molar-refractivity contribution in [2.75, 3.05) is 26.2 Å². The summed E-state index contributed by atoms with van der Waals surface area (Å²) in [7, 11) is 0. The smallest absolute Gasteiger partial charge is 0.323 e. The molecule has 7 heteroatoms. The molecule has 7 nitrogen and oxygen atoms in total. The summed E-state index contributed by atoms with van der Waals surface area (Å²) in [5, 5.41) is 0. The molecule has 140 valence electrons. The summed E-state index contributed by atoms with van der Waals surface area (Å²) >= 11 is 0. The van der Waals surface area contributed by atoms with Crippen molar-refractivity contribution in [2.24, 2.45) is 5.41 Å². The topological polar surface area (TPSA) is 89.3 Å². The van der Waals surface area contributed by atoms with Crippen LogP contribution < -0.4 is 5.69 Å². The van der Waals surface area contributed by atoms with E-state index in [2.05, 4.69) is 9.97 Å². The molecule has 0 atom stereocenters. The minimum Gasteiger partial charge on any atom is -0.341 e. The van der Waals surface area contributed by atoms with Gasteiger partial charge in [-0.25, -0.2) is 4.79 Å². The van der Waals surface area contributed by atoms with E-state index in [1.165, 1.54) is 0 Å². The molecule has 0 unspecified atom stereocenters. The number of amides is 2. The molecule has 1 aliphatic rings. The molecular formula is C19H26N4O3. The molecule has 0 aliphatic carbocycles. The summed E-state index contributed by atoms with van der Waals surface area (Å²) in [5.41, 5.74) is 1.65. The first-order valence-electron chi connectivity index (χ1n) is 9.02. The van der Waals surface area contributed by atoms with Gasteiger partial charge in [-0.3, -0.25) is 9.59 Å². The van der Waals surface area contributed by atoms with Gasteiger partial charge in [-0.2, -0.15) is 0 Å². The van der Waals surface area contributed by atoms with Gasteiger partial charge >= 0.3 is 5.69 Å². The van der Waals surface area contributed by atoms with Crippen molar-refractivity contribution in [1.82, 2.24) is 19.8 Å². The molecule has 2 N–H and O–H groups in total. The molecule has 1 aliphatic heterocycles. The van der Waals surface area contributed by atoms with Crippen LogP contribution in [-0.4, -0.2) is 57.8 Å². The highest BCUT2D eigenvalue weighted by atomic mass is 16.2. The van der Waals surface area contributed by atoms with E-state index in [1.807, 2.05) is 48.8 Å². The third-order valence-corrected chi connectivity index (χ3v) is 4.71. The molecule has 2 heterocycles. The van der Waals surface area contributed by atoms with E-state index in [1.54, 1.807) is 0 Å². The number of hydrogen-bond acceptors (Lipinski definition) is 3. The second-order valence-corrected chi connectivity index (χ2v) is 7.91. The maximum absolute atomic E-state index is 12.7. The lowest BCUT2D eigenvalue weighted by atomic mass is 9.94. The van der Waals surface area contributed by atoms with Gasteiger partial charge in [0.05, 0.1) is 17.5 Å². The lowest BCUT2D eigenvalue weighted by molar-refractivity contribution is -0.139. The summed E-state index contributed by atoms with van der Waals surface area (Å²) in [6.45, 7) is 8.25. The van der Waals surface area contributed by atoms with Crippen molar-refractivity contribution in [2.45, 2.75) is 33.6 Å². The molecule has 0 saturated carbocycles. The number of hydrogen-bond donors (Lipinski definition) is 2. The first-order chi connectivity index (χ1) is 12.2. The molecule has 3 rings (SSSR count). The average Bonchev–Trinajstić information content (AvgIpc) is 2.78. The number of benzene rings is 1. The SMILES string of the molecule is CC(C)(C)C(=O)N1CCCN(C(=O)Cc2ccc3[nH]c(=O)[nH]c3c2)CC1. The van der Waals surface area contributed by atoms with Gasteiger partial charge in [-0.1, -0.05) is 26.8 Å². The van der Waals surface area contributed by atoms with Crippen molar-refractivity contribution in [3.8, 4) is 0 Å². The maximum Gasteiger partial charge on any atom is 0.323 e. The zero-order valence-electron chi connectivity index (χ0n) is 15.6. The van der Waals surface area contributed by atoms with Crippen LogP contribution in [0.25, 0.3) is 11.0 Å². The van der Waals surface area contributed by atoms with E-state index >= 15 is 0 Å². The zero-order valence-corrected chi connectivity index (χ0v) is 15.6. The van der Waals surface area contributed by atoms with E-state index in [4.69, 9.17) is 0 Å². The van der Waals surface area contributed by atoms with Gasteiger partial charge in [-0.15, -0.1) is 0 Å². The Morgan fingerprint density at radius 2 is 1.65 bits per heavy atom. The number of nitrogens with zero attached hydrogens (tertiary/aromatic N) is 2. The molecule has 0 bridgehead atoms. The Hall–Kier alpha value is -2.57.